The van der Waals surface area contributed by atoms with Gasteiger partial charge < -0.3 is 10.6 Å². The maximum Gasteiger partial charge on any atom is 0.191 e. The number of nitrogens with zero attached hydrogens (tertiary/aromatic N) is 1. The highest BCUT2D eigenvalue weighted by Gasteiger charge is 2.24. The quantitative estimate of drug-likeness (QED) is 0.624. The molecule has 21 heavy (non-hydrogen) atoms. The molecule has 1 aromatic carbocycles. The standard InChI is InChI=1S/C17H26FN3/c1-4-19-16(20-11-13-9-10-13)21-12-17(2,3)14-7-5-6-8-15(14)18/h5-8,13H,4,9-12H2,1-3H3,(H2,19,20,21). The lowest BCUT2D eigenvalue weighted by atomic mass is 9.84. The molecule has 0 amide bonds. The van der Waals surface area contributed by atoms with E-state index in [1.165, 1.54) is 18.9 Å². The first-order chi connectivity index (χ1) is 10.0. The molecule has 2 N–H and O–H groups in total. The minimum atomic E-state index is -0.326. The molecule has 0 aromatic heterocycles. The zero-order valence-electron chi connectivity index (χ0n) is 13.2. The Kier molecular flexibility index (Phi) is 5.21. The number of aliphatic imine (C=N–C) groups is 1. The normalized spacial score (nSPS) is 15.9. The number of halogens is 1. The Balaban J connectivity index is 2.01. The summed E-state index contributed by atoms with van der Waals surface area (Å²) in [7, 11) is 0. The van der Waals surface area contributed by atoms with Crippen molar-refractivity contribution in [2.45, 2.75) is 39.0 Å². The molecule has 3 nitrogen and oxygen atoms in total. The zero-order valence-corrected chi connectivity index (χ0v) is 13.2. The molecule has 0 aliphatic heterocycles. The van der Waals surface area contributed by atoms with E-state index < -0.39 is 0 Å². The van der Waals surface area contributed by atoms with E-state index in [4.69, 9.17) is 0 Å². The first-order valence-electron chi connectivity index (χ1n) is 7.80. The second-order valence-corrected chi connectivity index (χ2v) is 6.38. The molecule has 0 bridgehead atoms. The average molecular weight is 291 g/mol. The van der Waals surface area contributed by atoms with Crippen molar-refractivity contribution in [2.75, 3.05) is 19.6 Å². The topological polar surface area (TPSA) is 36.4 Å². The Hall–Kier alpha value is -1.58. The van der Waals surface area contributed by atoms with Gasteiger partial charge >= 0.3 is 0 Å². The highest BCUT2D eigenvalue weighted by molar-refractivity contribution is 5.79. The van der Waals surface area contributed by atoms with Gasteiger partial charge in [0, 0.05) is 18.5 Å². The maximum absolute atomic E-state index is 13.9. The molecule has 1 aromatic rings. The van der Waals surface area contributed by atoms with Gasteiger partial charge in [0.15, 0.2) is 5.96 Å². The lowest BCUT2D eigenvalue weighted by Gasteiger charge is -2.24. The van der Waals surface area contributed by atoms with Crippen LogP contribution in [0.25, 0.3) is 0 Å². The molecule has 1 aliphatic carbocycles. The Labute approximate surface area is 127 Å². The number of guanidine groups is 1. The van der Waals surface area contributed by atoms with E-state index in [9.17, 15) is 4.39 Å². The lowest BCUT2D eigenvalue weighted by Crippen LogP contribution is -2.39. The van der Waals surface area contributed by atoms with Crippen molar-refractivity contribution in [1.29, 1.82) is 0 Å². The summed E-state index contributed by atoms with van der Waals surface area (Å²) >= 11 is 0. The van der Waals surface area contributed by atoms with Gasteiger partial charge in [0.05, 0.1) is 6.54 Å². The van der Waals surface area contributed by atoms with Crippen molar-refractivity contribution in [3.05, 3.63) is 35.6 Å². The Morgan fingerprint density at radius 1 is 1.29 bits per heavy atom. The van der Waals surface area contributed by atoms with Crippen molar-refractivity contribution < 1.29 is 4.39 Å². The summed E-state index contributed by atoms with van der Waals surface area (Å²) < 4.78 is 13.9. The molecule has 0 radical (unpaired) electrons. The average Bonchev–Trinajstić information content (AvgIpc) is 3.26. The molecule has 4 heteroatoms. The minimum Gasteiger partial charge on any atom is -0.357 e. The number of hydrogen-bond donors (Lipinski definition) is 2. The van der Waals surface area contributed by atoms with Crippen LogP contribution >= 0.6 is 0 Å². The molecule has 1 fully saturated rings. The van der Waals surface area contributed by atoms with Gasteiger partial charge in [-0.1, -0.05) is 32.0 Å². The maximum atomic E-state index is 13.9. The molecule has 0 saturated heterocycles. The molecular formula is C17H26FN3. The number of nitrogens with one attached hydrogen (secondary N) is 2. The third-order valence-corrected chi connectivity index (χ3v) is 3.83. The van der Waals surface area contributed by atoms with E-state index in [0.717, 1.165) is 25.0 Å². The SMILES string of the molecule is CCNC(=NCC(C)(C)c1ccccc1F)NCC1CC1. The van der Waals surface area contributed by atoms with E-state index in [1.54, 1.807) is 6.07 Å². The molecule has 0 heterocycles. The smallest absolute Gasteiger partial charge is 0.191 e. The number of benzene rings is 1. The van der Waals surface area contributed by atoms with Gasteiger partial charge in [-0.05, 0) is 37.3 Å². The Morgan fingerprint density at radius 3 is 2.62 bits per heavy atom. The van der Waals surface area contributed by atoms with Crippen LogP contribution in [0.4, 0.5) is 4.39 Å². The molecule has 0 atom stereocenters. The van der Waals surface area contributed by atoms with E-state index in [1.807, 2.05) is 26.0 Å². The van der Waals surface area contributed by atoms with Crippen LogP contribution in [0.3, 0.4) is 0 Å². The van der Waals surface area contributed by atoms with Gasteiger partial charge in [-0.2, -0.15) is 0 Å². The zero-order chi connectivity index (χ0) is 15.3. The predicted octanol–water partition coefficient (Wildman–Crippen LogP) is 3.07. The van der Waals surface area contributed by atoms with Crippen LogP contribution in [0.15, 0.2) is 29.3 Å². The molecule has 2 rings (SSSR count). The van der Waals surface area contributed by atoms with Gasteiger partial charge in [-0.15, -0.1) is 0 Å². The summed E-state index contributed by atoms with van der Waals surface area (Å²) in [6.45, 7) is 8.46. The van der Waals surface area contributed by atoms with Crippen molar-refractivity contribution >= 4 is 5.96 Å². The molecule has 1 saturated carbocycles. The van der Waals surface area contributed by atoms with Crippen molar-refractivity contribution in [3.8, 4) is 0 Å². The summed E-state index contributed by atoms with van der Waals surface area (Å²) in [5.41, 5.74) is 0.389. The number of hydrogen-bond acceptors (Lipinski definition) is 1. The van der Waals surface area contributed by atoms with Crippen molar-refractivity contribution in [3.63, 3.8) is 0 Å². The summed E-state index contributed by atoms with van der Waals surface area (Å²) in [6.07, 6.45) is 2.63. The van der Waals surface area contributed by atoms with Gasteiger partial charge in [-0.25, -0.2) is 4.39 Å². The van der Waals surface area contributed by atoms with Gasteiger partial charge in [0.25, 0.3) is 0 Å². The van der Waals surface area contributed by atoms with Crippen LogP contribution in [-0.2, 0) is 5.41 Å². The lowest BCUT2D eigenvalue weighted by molar-refractivity contribution is 0.492. The van der Waals surface area contributed by atoms with Crippen LogP contribution in [0.2, 0.25) is 0 Å². The molecular weight excluding hydrogens is 265 g/mol. The van der Waals surface area contributed by atoms with Crippen LogP contribution in [-0.4, -0.2) is 25.6 Å². The Morgan fingerprint density at radius 2 is 2.00 bits per heavy atom. The molecule has 0 unspecified atom stereocenters. The van der Waals surface area contributed by atoms with E-state index in [0.29, 0.717) is 12.1 Å². The van der Waals surface area contributed by atoms with E-state index >= 15 is 0 Å². The molecule has 1 aliphatic rings. The monoisotopic (exact) mass is 291 g/mol. The fourth-order valence-corrected chi connectivity index (χ4v) is 2.28. The minimum absolute atomic E-state index is 0.159. The summed E-state index contributed by atoms with van der Waals surface area (Å²) in [5, 5.41) is 6.62. The van der Waals surface area contributed by atoms with Crippen LogP contribution in [0, 0.1) is 11.7 Å². The van der Waals surface area contributed by atoms with Crippen LogP contribution < -0.4 is 10.6 Å². The molecule has 0 spiro atoms. The molecule has 116 valence electrons. The number of rotatable bonds is 6. The van der Waals surface area contributed by atoms with Crippen LogP contribution in [0.5, 0.6) is 0 Å². The van der Waals surface area contributed by atoms with Gasteiger partial charge in [0.2, 0.25) is 0 Å². The van der Waals surface area contributed by atoms with E-state index in [-0.39, 0.29) is 11.2 Å². The second-order valence-electron chi connectivity index (χ2n) is 6.38. The fraction of sp³-hybridized carbons (Fsp3) is 0.588. The van der Waals surface area contributed by atoms with Gasteiger partial charge in [0.1, 0.15) is 5.82 Å². The van der Waals surface area contributed by atoms with Gasteiger partial charge in [-0.3, -0.25) is 4.99 Å². The highest BCUT2D eigenvalue weighted by Crippen LogP contribution is 2.28. The third kappa shape index (κ3) is 4.73. The predicted molar refractivity (Wildman–Crippen MR) is 86.1 cm³/mol. The summed E-state index contributed by atoms with van der Waals surface area (Å²) in [6, 6.07) is 6.95. The van der Waals surface area contributed by atoms with Crippen molar-refractivity contribution in [2.24, 2.45) is 10.9 Å². The first kappa shape index (κ1) is 15.8. The highest BCUT2D eigenvalue weighted by atomic mass is 19.1. The van der Waals surface area contributed by atoms with Crippen LogP contribution in [0.1, 0.15) is 39.2 Å². The summed E-state index contributed by atoms with van der Waals surface area (Å²) in [5.74, 6) is 1.47. The second kappa shape index (κ2) is 6.92. The largest absolute Gasteiger partial charge is 0.357 e. The Bertz CT molecular complexity index is 493. The third-order valence-electron chi connectivity index (χ3n) is 3.83. The van der Waals surface area contributed by atoms with Crippen molar-refractivity contribution in [1.82, 2.24) is 10.6 Å². The first-order valence-corrected chi connectivity index (χ1v) is 7.80. The fourth-order valence-electron chi connectivity index (χ4n) is 2.28. The van der Waals surface area contributed by atoms with E-state index in [2.05, 4.69) is 22.5 Å². The summed E-state index contributed by atoms with van der Waals surface area (Å²) in [4.78, 5) is 4.63.